The van der Waals surface area contributed by atoms with E-state index in [1.54, 1.807) is 0 Å². The second-order valence-electron chi connectivity index (χ2n) is 4.42. The molecule has 1 aromatic rings. The zero-order chi connectivity index (χ0) is 15.6. The lowest BCUT2D eigenvalue weighted by Gasteiger charge is -2.35. The van der Waals surface area contributed by atoms with Crippen molar-refractivity contribution < 1.29 is 27.9 Å². The molecule has 7 nitrogen and oxygen atoms in total. The van der Waals surface area contributed by atoms with E-state index in [-0.39, 0.29) is 32.1 Å². The molecule has 0 spiro atoms. The van der Waals surface area contributed by atoms with Gasteiger partial charge in [-0.2, -0.15) is 13.2 Å². The molecular weight excluding hydrogens is 295 g/mol. The second kappa shape index (κ2) is 5.82. The van der Waals surface area contributed by atoms with Gasteiger partial charge in [0.2, 0.25) is 0 Å². The maximum atomic E-state index is 12.7. The molecule has 21 heavy (non-hydrogen) atoms. The third-order valence-corrected chi connectivity index (χ3v) is 3.10. The minimum atomic E-state index is -4.70. The number of hydrogen-bond acceptors (Lipinski definition) is 6. The van der Waals surface area contributed by atoms with Crippen LogP contribution in [0.5, 0.6) is 0 Å². The maximum absolute atomic E-state index is 12.7. The van der Waals surface area contributed by atoms with Crippen LogP contribution in [0.15, 0.2) is 12.3 Å². The Hall–Kier alpha value is -1.94. The van der Waals surface area contributed by atoms with E-state index in [4.69, 9.17) is 4.74 Å². The summed E-state index contributed by atoms with van der Waals surface area (Å²) in [6, 6.07) is -0.00696. The topological polar surface area (TPSA) is 88.7 Å². The summed E-state index contributed by atoms with van der Waals surface area (Å²) in [6.07, 6.45) is -4.12. The van der Waals surface area contributed by atoms with Gasteiger partial charge in [0.15, 0.2) is 0 Å². The molecule has 0 aromatic carbocycles. The first-order chi connectivity index (χ1) is 9.84. The average molecular weight is 307 g/mol. The molecular formula is C11H12F3N3O4. The number of morpholine rings is 1. The number of pyridine rings is 1. The number of halogens is 3. The van der Waals surface area contributed by atoms with Crippen LogP contribution in [0.4, 0.5) is 24.5 Å². The van der Waals surface area contributed by atoms with Crippen molar-refractivity contribution in [3.8, 4) is 0 Å². The van der Waals surface area contributed by atoms with E-state index in [9.17, 15) is 28.4 Å². The first-order valence-electron chi connectivity index (χ1n) is 6.01. The molecule has 1 unspecified atom stereocenters. The number of aromatic nitrogens is 1. The summed E-state index contributed by atoms with van der Waals surface area (Å²) in [5.74, 6) is 0. The van der Waals surface area contributed by atoms with Crippen molar-refractivity contribution in [1.82, 2.24) is 4.98 Å². The molecule has 1 saturated heterocycles. The van der Waals surface area contributed by atoms with E-state index in [0.29, 0.717) is 12.3 Å². The Kier molecular flexibility index (Phi) is 4.28. The molecule has 1 aliphatic rings. The Morgan fingerprint density at radius 2 is 2.29 bits per heavy atom. The van der Waals surface area contributed by atoms with E-state index >= 15 is 0 Å². The monoisotopic (exact) mass is 307 g/mol. The van der Waals surface area contributed by atoms with Crippen LogP contribution in [-0.2, 0) is 10.9 Å². The largest absolute Gasteiger partial charge is 0.433 e. The third-order valence-electron chi connectivity index (χ3n) is 3.10. The van der Waals surface area contributed by atoms with Gasteiger partial charge in [-0.05, 0) is 6.07 Å². The van der Waals surface area contributed by atoms with Crippen LogP contribution in [0.2, 0.25) is 0 Å². The molecule has 1 fully saturated rings. The van der Waals surface area contributed by atoms with Crippen LogP contribution < -0.4 is 4.90 Å². The smallest absolute Gasteiger partial charge is 0.394 e. The fourth-order valence-corrected chi connectivity index (χ4v) is 2.09. The molecule has 0 aliphatic carbocycles. The third kappa shape index (κ3) is 3.22. The number of alkyl halides is 3. The minimum Gasteiger partial charge on any atom is -0.394 e. The molecule has 2 heterocycles. The fourth-order valence-electron chi connectivity index (χ4n) is 2.09. The highest BCUT2D eigenvalue weighted by molar-refractivity contribution is 5.64. The molecule has 1 N–H and O–H groups in total. The van der Waals surface area contributed by atoms with Crippen LogP contribution in [0.1, 0.15) is 5.69 Å². The van der Waals surface area contributed by atoms with E-state index in [1.165, 1.54) is 4.90 Å². The quantitative estimate of drug-likeness (QED) is 0.667. The second-order valence-corrected chi connectivity index (χ2v) is 4.42. The molecule has 0 radical (unpaired) electrons. The van der Waals surface area contributed by atoms with Crippen molar-refractivity contribution in [3.63, 3.8) is 0 Å². The first kappa shape index (κ1) is 15.4. The van der Waals surface area contributed by atoms with Gasteiger partial charge in [-0.15, -0.1) is 0 Å². The van der Waals surface area contributed by atoms with Crippen molar-refractivity contribution in [2.75, 3.05) is 31.3 Å². The number of rotatable bonds is 3. The molecule has 0 saturated carbocycles. The zero-order valence-electron chi connectivity index (χ0n) is 10.7. The Labute approximate surface area is 117 Å². The summed E-state index contributed by atoms with van der Waals surface area (Å²) >= 11 is 0. The molecule has 0 amide bonds. The van der Waals surface area contributed by atoms with Crippen LogP contribution in [0.25, 0.3) is 0 Å². The number of aliphatic hydroxyl groups is 1. The van der Waals surface area contributed by atoms with Gasteiger partial charge < -0.3 is 14.7 Å². The number of anilines is 1. The van der Waals surface area contributed by atoms with Crippen molar-refractivity contribution >= 4 is 11.4 Å². The van der Waals surface area contributed by atoms with Gasteiger partial charge in [0.05, 0.1) is 30.8 Å². The molecule has 0 bridgehead atoms. The number of nitrogens with zero attached hydrogens (tertiary/aromatic N) is 3. The highest BCUT2D eigenvalue weighted by Gasteiger charge is 2.36. The van der Waals surface area contributed by atoms with Gasteiger partial charge in [-0.1, -0.05) is 0 Å². The lowest BCUT2D eigenvalue weighted by Crippen LogP contribution is -2.48. The lowest BCUT2D eigenvalue weighted by molar-refractivity contribution is -0.384. The SMILES string of the molecule is O=[N+]([O-])c1cnc(C(F)(F)F)cc1N1CCOCC1CO. The summed E-state index contributed by atoms with van der Waals surface area (Å²) in [6.45, 7) is 0.0445. The van der Waals surface area contributed by atoms with Gasteiger partial charge in [-0.25, -0.2) is 4.98 Å². The number of hydrogen-bond donors (Lipinski definition) is 1. The van der Waals surface area contributed by atoms with Crippen molar-refractivity contribution in [1.29, 1.82) is 0 Å². The highest BCUT2D eigenvalue weighted by Crippen LogP contribution is 2.36. The molecule has 1 atom stereocenters. The van der Waals surface area contributed by atoms with Crippen LogP contribution in [-0.4, -0.2) is 47.4 Å². The van der Waals surface area contributed by atoms with Crippen molar-refractivity contribution in [2.45, 2.75) is 12.2 Å². The van der Waals surface area contributed by atoms with Crippen LogP contribution >= 0.6 is 0 Å². The summed E-state index contributed by atoms with van der Waals surface area (Å²) in [5, 5.41) is 20.2. The maximum Gasteiger partial charge on any atom is 0.433 e. The van der Waals surface area contributed by atoms with E-state index in [0.717, 1.165) is 0 Å². The summed E-state index contributed by atoms with van der Waals surface area (Å²) in [7, 11) is 0. The number of nitro groups is 1. The summed E-state index contributed by atoms with van der Waals surface area (Å²) in [4.78, 5) is 14.6. The standard InChI is InChI=1S/C11H12F3N3O4/c12-11(13,14)10-3-8(9(4-15-10)17(19)20)16-1-2-21-6-7(16)5-18/h3-4,7,18H,1-2,5-6H2. The summed E-state index contributed by atoms with van der Waals surface area (Å²) < 4.78 is 43.3. The van der Waals surface area contributed by atoms with Crippen LogP contribution in [0.3, 0.4) is 0 Å². The summed E-state index contributed by atoms with van der Waals surface area (Å²) in [5.41, 5.74) is -1.97. The molecule has 10 heteroatoms. The minimum absolute atomic E-state index is 0.0807. The lowest BCUT2D eigenvalue weighted by atomic mass is 10.1. The average Bonchev–Trinajstić information content (AvgIpc) is 2.45. The van der Waals surface area contributed by atoms with Gasteiger partial charge in [0.1, 0.15) is 17.6 Å². The highest BCUT2D eigenvalue weighted by atomic mass is 19.4. The zero-order valence-corrected chi connectivity index (χ0v) is 10.7. The van der Waals surface area contributed by atoms with E-state index in [1.807, 2.05) is 0 Å². The Bertz CT molecular complexity index is 538. The van der Waals surface area contributed by atoms with Crippen molar-refractivity contribution in [2.24, 2.45) is 0 Å². The predicted octanol–water partition coefficient (Wildman–Crippen LogP) is 1.21. The van der Waals surface area contributed by atoms with Crippen LogP contribution in [0, 0.1) is 10.1 Å². The fraction of sp³-hybridized carbons (Fsp3) is 0.545. The van der Waals surface area contributed by atoms with Gasteiger partial charge >= 0.3 is 11.9 Å². The van der Waals surface area contributed by atoms with E-state index in [2.05, 4.69) is 4.98 Å². The Morgan fingerprint density at radius 1 is 1.57 bits per heavy atom. The normalized spacial score (nSPS) is 19.6. The van der Waals surface area contributed by atoms with Crippen molar-refractivity contribution in [3.05, 3.63) is 28.1 Å². The van der Waals surface area contributed by atoms with Gasteiger partial charge in [-0.3, -0.25) is 10.1 Å². The number of ether oxygens (including phenoxy) is 1. The molecule has 1 aromatic heterocycles. The first-order valence-corrected chi connectivity index (χ1v) is 6.01. The van der Waals surface area contributed by atoms with E-state index < -0.39 is 28.5 Å². The Balaban J connectivity index is 2.49. The predicted molar refractivity (Wildman–Crippen MR) is 64.9 cm³/mol. The molecule has 116 valence electrons. The van der Waals surface area contributed by atoms with Gasteiger partial charge in [0, 0.05) is 6.54 Å². The van der Waals surface area contributed by atoms with Gasteiger partial charge in [0.25, 0.3) is 0 Å². The Morgan fingerprint density at radius 3 is 2.86 bits per heavy atom. The molecule has 2 rings (SSSR count). The molecule has 1 aliphatic heterocycles. The number of aliphatic hydroxyl groups excluding tert-OH is 1.